The Morgan fingerprint density at radius 1 is 1.13 bits per heavy atom. The van der Waals surface area contributed by atoms with Crippen molar-refractivity contribution >= 4 is 18.4 Å². The third-order valence-electron chi connectivity index (χ3n) is 4.36. The summed E-state index contributed by atoms with van der Waals surface area (Å²) in [6.45, 7) is 10.1. The molecule has 1 aliphatic heterocycles. The fourth-order valence-corrected chi connectivity index (χ4v) is 3.52. The standard InChI is InChI=1S/C13H28O8SSi/c1-13(2,3)23(5,6)19-7-8-9(14)11(21-22(4,17)18)10(15)12(16)20-8/h8-12,14-16H,7H2,1-6H3/t8-,9+,10-,11+,12+/m1/s1. The molecule has 8 nitrogen and oxygen atoms in total. The first-order valence-electron chi connectivity index (χ1n) is 7.37. The number of aliphatic hydroxyl groups is 3. The van der Waals surface area contributed by atoms with Crippen molar-refractivity contribution in [3.8, 4) is 0 Å². The van der Waals surface area contributed by atoms with E-state index in [-0.39, 0.29) is 11.6 Å². The van der Waals surface area contributed by atoms with Gasteiger partial charge in [0, 0.05) is 0 Å². The first-order chi connectivity index (χ1) is 10.2. The molecule has 0 aromatic carbocycles. The van der Waals surface area contributed by atoms with Crippen LogP contribution in [0.4, 0.5) is 0 Å². The largest absolute Gasteiger partial charge is 0.414 e. The second kappa shape index (κ2) is 7.04. The van der Waals surface area contributed by atoms with Crippen molar-refractivity contribution in [1.29, 1.82) is 0 Å². The van der Waals surface area contributed by atoms with Gasteiger partial charge in [0.1, 0.15) is 24.4 Å². The zero-order valence-electron chi connectivity index (χ0n) is 14.4. The highest BCUT2D eigenvalue weighted by atomic mass is 32.2. The van der Waals surface area contributed by atoms with E-state index in [1.807, 2.05) is 33.9 Å². The van der Waals surface area contributed by atoms with Gasteiger partial charge in [-0.2, -0.15) is 8.42 Å². The maximum Gasteiger partial charge on any atom is 0.264 e. The molecular formula is C13H28O8SSi. The van der Waals surface area contributed by atoms with Crippen molar-refractivity contribution in [3.05, 3.63) is 0 Å². The average molecular weight is 373 g/mol. The summed E-state index contributed by atoms with van der Waals surface area (Å²) in [6, 6.07) is 0. The van der Waals surface area contributed by atoms with Crippen LogP contribution in [-0.4, -0.2) is 75.6 Å². The van der Waals surface area contributed by atoms with Gasteiger partial charge in [0.2, 0.25) is 0 Å². The minimum absolute atomic E-state index is 0.0366. The first kappa shape index (κ1) is 21.0. The molecule has 1 fully saturated rings. The van der Waals surface area contributed by atoms with Gasteiger partial charge < -0.3 is 24.5 Å². The Kier molecular flexibility index (Phi) is 6.42. The summed E-state index contributed by atoms with van der Waals surface area (Å²) in [5.41, 5.74) is 0. The molecule has 0 aromatic rings. The van der Waals surface area contributed by atoms with Crippen LogP contribution in [0.1, 0.15) is 20.8 Å². The van der Waals surface area contributed by atoms with Gasteiger partial charge in [-0.1, -0.05) is 20.8 Å². The predicted molar refractivity (Wildman–Crippen MR) is 85.8 cm³/mol. The maximum atomic E-state index is 11.3. The van der Waals surface area contributed by atoms with Crippen LogP contribution in [0.25, 0.3) is 0 Å². The second-order valence-corrected chi connectivity index (χ2v) is 13.8. The molecule has 10 heteroatoms. The van der Waals surface area contributed by atoms with E-state index in [2.05, 4.69) is 0 Å². The van der Waals surface area contributed by atoms with Gasteiger partial charge in [-0.05, 0) is 18.1 Å². The quantitative estimate of drug-likeness (QED) is 0.448. The van der Waals surface area contributed by atoms with Crippen molar-refractivity contribution in [1.82, 2.24) is 0 Å². The van der Waals surface area contributed by atoms with Crippen LogP contribution >= 0.6 is 0 Å². The van der Waals surface area contributed by atoms with Gasteiger partial charge in [-0.15, -0.1) is 0 Å². The molecule has 0 aliphatic carbocycles. The van der Waals surface area contributed by atoms with Gasteiger partial charge >= 0.3 is 0 Å². The molecule has 1 aliphatic rings. The van der Waals surface area contributed by atoms with Crippen molar-refractivity contribution in [2.75, 3.05) is 12.9 Å². The van der Waals surface area contributed by atoms with E-state index in [0.29, 0.717) is 0 Å². The van der Waals surface area contributed by atoms with E-state index in [4.69, 9.17) is 13.3 Å². The highest BCUT2D eigenvalue weighted by Crippen LogP contribution is 2.37. The molecule has 0 saturated carbocycles. The Hall–Kier alpha value is -0.0731. The summed E-state index contributed by atoms with van der Waals surface area (Å²) in [5.74, 6) is 0. The molecule has 0 radical (unpaired) electrons. The lowest BCUT2D eigenvalue weighted by atomic mass is 9.99. The molecule has 3 N–H and O–H groups in total. The molecule has 1 saturated heterocycles. The molecule has 0 amide bonds. The van der Waals surface area contributed by atoms with Crippen molar-refractivity contribution < 1.29 is 37.1 Å². The molecular weight excluding hydrogens is 344 g/mol. The van der Waals surface area contributed by atoms with Crippen molar-refractivity contribution in [3.63, 3.8) is 0 Å². The first-order valence-corrected chi connectivity index (χ1v) is 12.1. The van der Waals surface area contributed by atoms with E-state index in [1.165, 1.54) is 0 Å². The summed E-state index contributed by atoms with van der Waals surface area (Å²) in [5, 5.41) is 29.7. The molecule has 23 heavy (non-hydrogen) atoms. The lowest BCUT2D eigenvalue weighted by Crippen LogP contribution is -2.60. The van der Waals surface area contributed by atoms with Crippen LogP contribution in [-0.2, 0) is 23.5 Å². The Labute approximate surface area is 138 Å². The summed E-state index contributed by atoms with van der Waals surface area (Å²) in [4.78, 5) is 0. The Balaban J connectivity index is 2.84. The summed E-state index contributed by atoms with van der Waals surface area (Å²) in [6.07, 6.45) is -6.51. The molecule has 0 aromatic heterocycles. The molecule has 5 atom stereocenters. The maximum absolute atomic E-state index is 11.3. The van der Waals surface area contributed by atoms with Crippen LogP contribution in [0.5, 0.6) is 0 Å². The second-order valence-electron chi connectivity index (χ2n) is 7.38. The SMILES string of the molecule is CC(C)(C)[Si](C)(C)OC[C@H]1O[C@H](O)[C@H](O)[C@@H](OS(C)(=O)=O)[C@H]1O. The zero-order valence-corrected chi connectivity index (χ0v) is 16.2. The van der Waals surface area contributed by atoms with E-state index in [0.717, 1.165) is 6.26 Å². The molecule has 1 rings (SSSR count). The lowest BCUT2D eigenvalue weighted by molar-refractivity contribution is -0.280. The average Bonchev–Trinajstić information content (AvgIpc) is 2.35. The van der Waals surface area contributed by atoms with E-state index in [9.17, 15) is 23.7 Å². The Bertz CT molecular complexity index is 501. The van der Waals surface area contributed by atoms with Crippen molar-refractivity contribution in [2.45, 2.75) is 69.6 Å². The smallest absolute Gasteiger partial charge is 0.264 e. The van der Waals surface area contributed by atoms with Crippen LogP contribution in [0, 0.1) is 0 Å². The fourth-order valence-electron chi connectivity index (χ4n) is 1.88. The lowest BCUT2D eigenvalue weighted by Gasteiger charge is -2.42. The number of hydrogen-bond acceptors (Lipinski definition) is 8. The molecule has 1 heterocycles. The minimum Gasteiger partial charge on any atom is -0.414 e. The number of aliphatic hydroxyl groups excluding tert-OH is 3. The van der Waals surface area contributed by atoms with Crippen LogP contribution in [0.3, 0.4) is 0 Å². The van der Waals surface area contributed by atoms with E-state index in [1.54, 1.807) is 0 Å². The van der Waals surface area contributed by atoms with Gasteiger partial charge in [0.25, 0.3) is 10.1 Å². The topological polar surface area (TPSA) is 123 Å². The molecule has 0 unspecified atom stereocenters. The normalized spacial score (nSPS) is 33.7. The third-order valence-corrected chi connectivity index (χ3v) is 9.43. The predicted octanol–water partition coefficient (Wildman–Crippen LogP) is -0.208. The number of ether oxygens (including phenoxy) is 1. The Morgan fingerprint density at radius 3 is 2.09 bits per heavy atom. The van der Waals surface area contributed by atoms with Gasteiger partial charge in [0.15, 0.2) is 14.6 Å². The minimum atomic E-state index is -3.92. The monoisotopic (exact) mass is 372 g/mol. The van der Waals surface area contributed by atoms with Crippen molar-refractivity contribution in [2.24, 2.45) is 0 Å². The fraction of sp³-hybridized carbons (Fsp3) is 1.00. The number of hydrogen-bond donors (Lipinski definition) is 3. The van der Waals surface area contributed by atoms with E-state index < -0.39 is 49.1 Å². The van der Waals surface area contributed by atoms with Gasteiger partial charge in [-0.3, -0.25) is 4.18 Å². The Morgan fingerprint density at radius 2 is 1.65 bits per heavy atom. The molecule has 138 valence electrons. The highest BCUT2D eigenvalue weighted by Gasteiger charge is 2.47. The zero-order chi connectivity index (χ0) is 18.2. The summed E-state index contributed by atoms with van der Waals surface area (Å²) >= 11 is 0. The van der Waals surface area contributed by atoms with Crippen LogP contribution in [0.15, 0.2) is 0 Å². The van der Waals surface area contributed by atoms with Gasteiger partial charge in [-0.25, -0.2) is 0 Å². The summed E-state index contributed by atoms with van der Waals surface area (Å²) in [7, 11) is -6.04. The van der Waals surface area contributed by atoms with Crippen LogP contribution < -0.4 is 0 Å². The number of rotatable bonds is 5. The summed E-state index contributed by atoms with van der Waals surface area (Å²) < 4.78 is 38.3. The molecule has 0 spiro atoms. The van der Waals surface area contributed by atoms with E-state index >= 15 is 0 Å². The molecule has 0 bridgehead atoms. The highest BCUT2D eigenvalue weighted by molar-refractivity contribution is 7.86. The third kappa shape index (κ3) is 5.46. The van der Waals surface area contributed by atoms with Crippen LogP contribution in [0.2, 0.25) is 18.1 Å². The van der Waals surface area contributed by atoms with Gasteiger partial charge in [0.05, 0.1) is 12.9 Å².